The third-order valence-corrected chi connectivity index (χ3v) is 3.33. The van der Waals surface area contributed by atoms with Gasteiger partial charge in [0.05, 0.1) is 11.7 Å². The normalized spacial score (nSPS) is 18.1. The first-order valence-electron chi connectivity index (χ1n) is 5.79. The lowest BCUT2D eigenvalue weighted by Gasteiger charge is -2.27. The van der Waals surface area contributed by atoms with E-state index in [1.165, 1.54) is 6.42 Å². The van der Waals surface area contributed by atoms with Crippen molar-refractivity contribution in [3.8, 4) is 0 Å². The highest BCUT2D eigenvalue weighted by Crippen LogP contribution is 2.38. The van der Waals surface area contributed by atoms with Crippen LogP contribution in [0.3, 0.4) is 0 Å². The number of aromatic nitrogens is 3. The molecular weight excluding hydrogens is 206 g/mol. The fourth-order valence-electron chi connectivity index (χ4n) is 2.11. The first-order chi connectivity index (χ1) is 7.77. The van der Waals surface area contributed by atoms with Gasteiger partial charge >= 0.3 is 0 Å². The summed E-state index contributed by atoms with van der Waals surface area (Å²) in [6.45, 7) is 2.11. The lowest BCUT2D eigenvalue weighted by molar-refractivity contribution is 0.111. The Balaban J connectivity index is 2.29. The molecule has 0 bridgehead atoms. The van der Waals surface area contributed by atoms with E-state index < -0.39 is 0 Å². The van der Waals surface area contributed by atoms with Gasteiger partial charge in [0, 0.05) is 12.5 Å². The van der Waals surface area contributed by atoms with E-state index in [1.54, 1.807) is 0 Å². The van der Waals surface area contributed by atoms with Gasteiger partial charge in [0.25, 0.3) is 0 Å². The summed E-state index contributed by atoms with van der Waals surface area (Å²) in [4.78, 5) is 10.9. The Bertz CT molecular complexity index is 371. The number of aliphatic hydroxyl groups is 1. The van der Waals surface area contributed by atoms with Crippen molar-refractivity contribution in [2.24, 2.45) is 0 Å². The third-order valence-electron chi connectivity index (χ3n) is 3.33. The van der Waals surface area contributed by atoms with Gasteiger partial charge < -0.3 is 5.11 Å². The van der Waals surface area contributed by atoms with Crippen LogP contribution in [-0.4, -0.2) is 33.0 Å². The Morgan fingerprint density at radius 1 is 1.62 bits per heavy atom. The lowest BCUT2D eigenvalue weighted by Crippen LogP contribution is -2.19. The van der Waals surface area contributed by atoms with Gasteiger partial charge in [-0.25, -0.2) is 4.68 Å². The van der Waals surface area contributed by atoms with Crippen LogP contribution in [-0.2, 0) is 0 Å². The van der Waals surface area contributed by atoms with Crippen molar-refractivity contribution in [2.45, 2.75) is 44.6 Å². The van der Waals surface area contributed by atoms with Gasteiger partial charge in [-0.2, -0.15) is 0 Å². The van der Waals surface area contributed by atoms with E-state index in [0.717, 1.165) is 24.8 Å². The first-order valence-corrected chi connectivity index (χ1v) is 5.79. The van der Waals surface area contributed by atoms with Crippen molar-refractivity contribution in [3.63, 3.8) is 0 Å². The van der Waals surface area contributed by atoms with Crippen LogP contribution in [0.5, 0.6) is 0 Å². The van der Waals surface area contributed by atoms with E-state index in [-0.39, 0.29) is 12.6 Å². The number of hydrogen-bond donors (Lipinski definition) is 1. The molecule has 5 nitrogen and oxygen atoms in total. The molecule has 1 heterocycles. The molecule has 1 aromatic rings. The Kier molecular flexibility index (Phi) is 3.33. The molecule has 88 valence electrons. The molecule has 0 aliphatic heterocycles. The monoisotopic (exact) mass is 223 g/mol. The molecule has 1 atom stereocenters. The van der Waals surface area contributed by atoms with Crippen molar-refractivity contribution in [2.75, 3.05) is 6.61 Å². The average molecular weight is 223 g/mol. The topological polar surface area (TPSA) is 68.0 Å². The Labute approximate surface area is 94.5 Å². The fourth-order valence-corrected chi connectivity index (χ4v) is 2.11. The number of carbonyl (C=O) groups excluding carboxylic acids is 1. The zero-order valence-electron chi connectivity index (χ0n) is 9.46. The van der Waals surface area contributed by atoms with Crippen LogP contribution in [0.25, 0.3) is 0 Å². The van der Waals surface area contributed by atoms with Crippen molar-refractivity contribution in [3.05, 3.63) is 11.4 Å². The summed E-state index contributed by atoms with van der Waals surface area (Å²) < 4.78 is 1.81. The average Bonchev–Trinajstić information content (AvgIpc) is 2.59. The minimum absolute atomic E-state index is 0.0989. The Morgan fingerprint density at radius 3 is 2.88 bits per heavy atom. The number of aliphatic hydroxyl groups excluding tert-OH is 1. The third kappa shape index (κ3) is 1.87. The number of aldehydes is 1. The lowest BCUT2D eigenvalue weighted by atomic mass is 9.82. The fraction of sp³-hybridized carbons (Fsp3) is 0.727. The molecule has 2 rings (SSSR count). The second-order valence-electron chi connectivity index (χ2n) is 4.41. The van der Waals surface area contributed by atoms with Crippen LogP contribution in [0, 0.1) is 0 Å². The molecule has 0 spiro atoms. The molecule has 1 aromatic heterocycles. The standard InChI is InChI=1S/C11H17N3O2/c1-8(5-6-15)14-11(9-3-2-4-9)10(7-16)12-13-14/h7-9,15H,2-6H2,1H3. The van der Waals surface area contributed by atoms with Crippen LogP contribution in [0.1, 0.15) is 60.7 Å². The second kappa shape index (κ2) is 4.74. The van der Waals surface area contributed by atoms with E-state index in [1.807, 2.05) is 11.6 Å². The summed E-state index contributed by atoms with van der Waals surface area (Å²) in [5.74, 6) is 0.427. The van der Waals surface area contributed by atoms with Crippen LogP contribution < -0.4 is 0 Å². The molecule has 1 unspecified atom stereocenters. The smallest absolute Gasteiger partial charge is 0.172 e. The van der Waals surface area contributed by atoms with E-state index in [9.17, 15) is 4.79 Å². The van der Waals surface area contributed by atoms with Crippen LogP contribution in [0.2, 0.25) is 0 Å². The van der Waals surface area contributed by atoms with Crippen molar-refractivity contribution >= 4 is 6.29 Å². The maximum atomic E-state index is 10.9. The summed E-state index contributed by atoms with van der Waals surface area (Å²) >= 11 is 0. The zero-order chi connectivity index (χ0) is 11.5. The molecule has 0 amide bonds. The molecule has 0 aromatic carbocycles. The van der Waals surface area contributed by atoms with Crippen molar-refractivity contribution in [1.29, 1.82) is 0 Å². The molecule has 0 saturated heterocycles. The molecule has 1 aliphatic rings. The maximum absolute atomic E-state index is 10.9. The predicted molar refractivity (Wildman–Crippen MR) is 58.4 cm³/mol. The maximum Gasteiger partial charge on any atom is 0.172 e. The predicted octanol–water partition coefficient (Wildman–Crippen LogP) is 1.30. The summed E-state index contributed by atoms with van der Waals surface area (Å²) in [7, 11) is 0. The van der Waals surface area contributed by atoms with E-state index >= 15 is 0 Å². The highest BCUT2D eigenvalue weighted by molar-refractivity contribution is 5.73. The zero-order valence-corrected chi connectivity index (χ0v) is 9.46. The Hall–Kier alpha value is -1.23. The number of carbonyl (C=O) groups is 1. The van der Waals surface area contributed by atoms with E-state index in [2.05, 4.69) is 10.3 Å². The van der Waals surface area contributed by atoms with Gasteiger partial charge in [-0.3, -0.25) is 4.79 Å². The Morgan fingerprint density at radius 2 is 2.38 bits per heavy atom. The summed E-state index contributed by atoms with van der Waals surface area (Å²) in [5.41, 5.74) is 1.43. The van der Waals surface area contributed by atoms with Crippen LogP contribution in [0.15, 0.2) is 0 Å². The highest BCUT2D eigenvalue weighted by Gasteiger charge is 2.28. The molecule has 1 N–H and O–H groups in total. The number of rotatable bonds is 5. The number of hydrogen-bond acceptors (Lipinski definition) is 4. The van der Waals surface area contributed by atoms with Crippen molar-refractivity contribution < 1.29 is 9.90 Å². The SMILES string of the molecule is CC(CCO)n1nnc(C=O)c1C1CCC1. The molecule has 1 aliphatic carbocycles. The second-order valence-corrected chi connectivity index (χ2v) is 4.41. The first kappa shape index (κ1) is 11.3. The van der Waals surface area contributed by atoms with Crippen molar-refractivity contribution in [1.82, 2.24) is 15.0 Å². The molecular formula is C11H17N3O2. The number of nitrogens with zero attached hydrogens (tertiary/aromatic N) is 3. The van der Waals surface area contributed by atoms with Gasteiger partial charge in [-0.05, 0) is 26.2 Å². The summed E-state index contributed by atoms with van der Waals surface area (Å²) in [6, 6.07) is 0.0989. The molecule has 0 radical (unpaired) electrons. The highest BCUT2D eigenvalue weighted by atomic mass is 16.3. The molecule has 5 heteroatoms. The quantitative estimate of drug-likeness (QED) is 0.764. The van der Waals surface area contributed by atoms with Gasteiger partial charge in [0.2, 0.25) is 0 Å². The van der Waals surface area contributed by atoms with Gasteiger partial charge in [-0.15, -0.1) is 5.10 Å². The molecule has 1 saturated carbocycles. The largest absolute Gasteiger partial charge is 0.396 e. The summed E-state index contributed by atoms with van der Waals surface area (Å²) in [5, 5.41) is 16.9. The molecule has 1 fully saturated rings. The van der Waals surface area contributed by atoms with Gasteiger partial charge in [0.15, 0.2) is 6.29 Å². The summed E-state index contributed by atoms with van der Waals surface area (Å²) in [6.07, 6.45) is 4.85. The van der Waals surface area contributed by atoms with Gasteiger partial charge in [-0.1, -0.05) is 11.6 Å². The van der Waals surface area contributed by atoms with Crippen LogP contribution >= 0.6 is 0 Å². The van der Waals surface area contributed by atoms with E-state index in [0.29, 0.717) is 18.0 Å². The minimum Gasteiger partial charge on any atom is -0.396 e. The van der Waals surface area contributed by atoms with Crippen LogP contribution in [0.4, 0.5) is 0 Å². The van der Waals surface area contributed by atoms with Gasteiger partial charge in [0.1, 0.15) is 5.69 Å². The minimum atomic E-state index is 0.0989. The molecule has 16 heavy (non-hydrogen) atoms. The van der Waals surface area contributed by atoms with E-state index in [4.69, 9.17) is 5.11 Å².